The molecule has 2 N–H and O–H groups in total. The zero-order valence-electron chi connectivity index (χ0n) is 15.5. The van der Waals surface area contributed by atoms with Crippen LogP contribution in [0.15, 0.2) is 36.9 Å². The van der Waals surface area contributed by atoms with Crippen molar-refractivity contribution in [2.24, 2.45) is 0 Å². The standard InChI is InChI=1S/C20H20Cl2N4O3/c21-14-5-4-13-15(25-9-7-23-11-25)10-17(24-19(13)18(14)22)26-8-1-2-12(26)3-6-16(27)20(28)29/h4-5,7,9-12,16,27H,1-3,6,8H2,(H,28,29)/t12-,16?/m0/s1. The molecule has 0 saturated carbocycles. The molecule has 9 heteroatoms. The number of carboxylic acids is 1. The molecule has 1 fully saturated rings. The van der Waals surface area contributed by atoms with Crippen LogP contribution in [0.3, 0.4) is 0 Å². The molecule has 1 aliphatic rings. The summed E-state index contributed by atoms with van der Waals surface area (Å²) in [6, 6.07) is 5.73. The Labute approximate surface area is 177 Å². The number of pyridine rings is 1. The number of nitrogens with zero attached hydrogens (tertiary/aromatic N) is 4. The van der Waals surface area contributed by atoms with Crippen LogP contribution in [0.2, 0.25) is 10.0 Å². The highest BCUT2D eigenvalue weighted by atomic mass is 35.5. The highest BCUT2D eigenvalue weighted by Crippen LogP contribution is 2.36. The van der Waals surface area contributed by atoms with Gasteiger partial charge in [0, 0.05) is 36.4 Å². The second kappa shape index (κ2) is 8.18. The zero-order valence-corrected chi connectivity index (χ0v) is 17.0. The number of rotatable bonds is 6. The van der Waals surface area contributed by atoms with E-state index in [2.05, 4.69) is 9.88 Å². The molecule has 2 atom stereocenters. The quantitative estimate of drug-likeness (QED) is 0.610. The fourth-order valence-electron chi connectivity index (χ4n) is 3.88. The van der Waals surface area contributed by atoms with Crippen LogP contribution in [0, 0.1) is 0 Å². The van der Waals surface area contributed by atoms with Crippen LogP contribution in [0.5, 0.6) is 0 Å². The molecule has 0 radical (unpaired) electrons. The van der Waals surface area contributed by atoms with Gasteiger partial charge in [-0.25, -0.2) is 14.8 Å². The molecule has 0 bridgehead atoms. The van der Waals surface area contributed by atoms with Gasteiger partial charge in [0.05, 0.1) is 27.6 Å². The number of carbonyl (C=O) groups is 1. The van der Waals surface area contributed by atoms with Crippen LogP contribution in [-0.4, -0.2) is 49.4 Å². The predicted octanol–water partition coefficient (Wildman–Crippen LogP) is 3.92. The van der Waals surface area contributed by atoms with E-state index in [1.54, 1.807) is 18.6 Å². The maximum Gasteiger partial charge on any atom is 0.332 e. The topological polar surface area (TPSA) is 91.5 Å². The molecule has 1 unspecified atom stereocenters. The molecule has 0 spiro atoms. The first-order chi connectivity index (χ1) is 14.0. The van der Waals surface area contributed by atoms with Crippen LogP contribution in [0.1, 0.15) is 25.7 Å². The van der Waals surface area contributed by atoms with E-state index in [4.69, 9.17) is 33.3 Å². The van der Waals surface area contributed by atoms with Crippen molar-refractivity contribution in [1.82, 2.24) is 14.5 Å². The Hall–Kier alpha value is -2.35. The minimum absolute atomic E-state index is 0.0996. The third kappa shape index (κ3) is 3.90. The number of imidazole rings is 1. The molecule has 152 valence electrons. The van der Waals surface area contributed by atoms with Gasteiger partial charge >= 0.3 is 5.97 Å². The second-order valence-corrected chi connectivity index (χ2v) is 7.93. The first-order valence-corrected chi connectivity index (χ1v) is 10.2. The summed E-state index contributed by atoms with van der Waals surface area (Å²) < 4.78 is 1.90. The zero-order chi connectivity index (χ0) is 20.5. The van der Waals surface area contributed by atoms with E-state index in [0.29, 0.717) is 22.0 Å². The highest BCUT2D eigenvalue weighted by Gasteiger charge is 2.28. The Kier molecular flexibility index (Phi) is 5.63. The third-order valence-corrected chi connectivity index (χ3v) is 6.14. The molecule has 29 heavy (non-hydrogen) atoms. The molecule has 1 saturated heterocycles. The fraction of sp³-hybridized carbons (Fsp3) is 0.350. The van der Waals surface area contributed by atoms with Gasteiger partial charge in [-0.1, -0.05) is 23.2 Å². The number of anilines is 1. The number of halogens is 2. The molecule has 3 heterocycles. The molecule has 1 aromatic carbocycles. The van der Waals surface area contributed by atoms with Crippen molar-refractivity contribution in [2.45, 2.75) is 37.8 Å². The molecule has 3 aromatic rings. The number of carboxylic acid groups (broad SMARTS) is 1. The first-order valence-electron chi connectivity index (χ1n) is 9.40. The summed E-state index contributed by atoms with van der Waals surface area (Å²) in [4.78, 5) is 22.0. The number of aliphatic hydroxyl groups excluding tert-OH is 1. The lowest BCUT2D eigenvalue weighted by Crippen LogP contribution is -2.32. The Bertz CT molecular complexity index is 1040. The van der Waals surface area contributed by atoms with Gasteiger partial charge in [0.15, 0.2) is 6.10 Å². The van der Waals surface area contributed by atoms with E-state index >= 15 is 0 Å². The van der Waals surface area contributed by atoms with Gasteiger partial charge in [0.2, 0.25) is 0 Å². The Balaban J connectivity index is 1.75. The summed E-state index contributed by atoms with van der Waals surface area (Å²) in [5.41, 5.74) is 1.49. The van der Waals surface area contributed by atoms with E-state index in [9.17, 15) is 9.90 Å². The summed E-state index contributed by atoms with van der Waals surface area (Å²) in [5, 5.41) is 20.3. The van der Waals surface area contributed by atoms with Crippen molar-refractivity contribution < 1.29 is 15.0 Å². The predicted molar refractivity (Wildman–Crippen MR) is 112 cm³/mol. The minimum atomic E-state index is -1.35. The number of hydrogen-bond donors (Lipinski definition) is 2. The third-order valence-electron chi connectivity index (χ3n) is 5.35. The number of benzene rings is 1. The van der Waals surface area contributed by atoms with Gasteiger partial charge in [0.25, 0.3) is 0 Å². The summed E-state index contributed by atoms with van der Waals surface area (Å²) in [7, 11) is 0. The molecule has 0 amide bonds. The molecule has 1 aliphatic heterocycles. The Morgan fingerprint density at radius 2 is 2.17 bits per heavy atom. The minimum Gasteiger partial charge on any atom is -0.479 e. The average molecular weight is 435 g/mol. The van der Waals surface area contributed by atoms with Crippen LogP contribution in [0.4, 0.5) is 5.82 Å². The lowest BCUT2D eigenvalue weighted by Gasteiger charge is -2.27. The van der Waals surface area contributed by atoms with Gasteiger partial charge in [0.1, 0.15) is 5.82 Å². The van der Waals surface area contributed by atoms with Crippen LogP contribution < -0.4 is 4.90 Å². The van der Waals surface area contributed by atoms with Gasteiger partial charge in [-0.05, 0) is 37.8 Å². The average Bonchev–Trinajstić information content (AvgIpc) is 3.40. The summed E-state index contributed by atoms with van der Waals surface area (Å²) in [5.74, 6) is -0.445. The van der Waals surface area contributed by atoms with E-state index in [1.807, 2.05) is 22.9 Å². The summed E-state index contributed by atoms with van der Waals surface area (Å²) in [6.45, 7) is 0.799. The van der Waals surface area contributed by atoms with Crippen molar-refractivity contribution in [1.29, 1.82) is 0 Å². The largest absolute Gasteiger partial charge is 0.479 e. The van der Waals surface area contributed by atoms with E-state index < -0.39 is 12.1 Å². The molecule has 2 aromatic heterocycles. The lowest BCUT2D eigenvalue weighted by molar-refractivity contribution is -0.147. The van der Waals surface area contributed by atoms with Gasteiger partial charge in [-0.15, -0.1) is 0 Å². The summed E-state index contributed by atoms with van der Waals surface area (Å²) in [6.07, 6.45) is 6.57. The van der Waals surface area contributed by atoms with E-state index in [-0.39, 0.29) is 12.5 Å². The smallest absolute Gasteiger partial charge is 0.332 e. The second-order valence-electron chi connectivity index (χ2n) is 7.15. The lowest BCUT2D eigenvalue weighted by atomic mass is 10.1. The number of aliphatic carboxylic acids is 1. The fourth-order valence-corrected chi connectivity index (χ4v) is 4.24. The molecule has 4 rings (SSSR count). The monoisotopic (exact) mass is 434 g/mol. The highest BCUT2D eigenvalue weighted by molar-refractivity contribution is 6.45. The van der Waals surface area contributed by atoms with Crippen molar-refractivity contribution in [2.75, 3.05) is 11.4 Å². The first kappa shape index (κ1) is 19.9. The van der Waals surface area contributed by atoms with Crippen LogP contribution in [-0.2, 0) is 4.79 Å². The molecule has 0 aliphatic carbocycles. The normalized spacial score (nSPS) is 17.8. The molecular formula is C20H20Cl2N4O3. The molecular weight excluding hydrogens is 415 g/mol. The van der Waals surface area contributed by atoms with Crippen LogP contribution in [0.25, 0.3) is 16.6 Å². The number of fused-ring (bicyclic) bond motifs is 1. The van der Waals surface area contributed by atoms with Crippen LogP contribution >= 0.6 is 23.2 Å². The van der Waals surface area contributed by atoms with Gasteiger partial charge in [-0.2, -0.15) is 0 Å². The number of aromatic nitrogens is 3. The van der Waals surface area contributed by atoms with E-state index in [0.717, 1.165) is 36.3 Å². The maximum atomic E-state index is 10.9. The SMILES string of the molecule is O=C(O)C(O)CC[C@@H]1CCCN1c1cc(-n2ccnc2)c2ccc(Cl)c(Cl)c2n1. The van der Waals surface area contributed by atoms with Crippen molar-refractivity contribution in [3.8, 4) is 5.69 Å². The number of aliphatic hydroxyl groups is 1. The van der Waals surface area contributed by atoms with Crippen molar-refractivity contribution in [3.05, 3.63) is 47.0 Å². The van der Waals surface area contributed by atoms with Gasteiger partial charge in [-0.3, -0.25) is 0 Å². The van der Waals surface area contributed by atoms with Gasteiger partial charge < -0.3 is 19.7 Å². The maximum absolute atomic E-state index is 10.9. The van der Waals surface area contributed by atoms with Crippen molar-refractivity contribution >= 4 is 45.9 Å². The number of hydrogen-bond acceptors (Lipinski definition) is 5. The van der Waals surface area contributed by atoms with E-state index in [1.165, 1.54) is 0 Å². The Morgan fingerprint density at radius 3 is 2.90 bits per heavy atom. The molecule has 7 nitrogen and oxygen atoms in total. The summed E-state index contributed by atoms with van der Waals surface area (Å²) >= 11 is 12.7. The Morgan fingerprint density at radius 1 is 1.34 bits per heavy atom. The van der Waals surface area contributed by atoms with Crippen molar-refractivity contribution in [3.63, 3.8) is 0 Å².